The van der Waals surface area contributed by atoms with E-state index in [4.69, 9.17) is 0 Å². The number of nitrogens with zero attached hydrogens (tertiary/aromatic N) is 4. The Balaban J connectivity index is 2.23. The molecule has 0 saturated heterocycles. The monoisotopic (exact) mass is 324 g/mol. The van der Waals surface area contributed by atoms with Gasteiger partial charge in [0.05, 0.1) is 11.4 Å². The fourth-order valence-electron chi connectivity index (χ4n) is 1.67. The Bertz CT molecular complexity index is 565. The van der Waals surface area contributed by atoms with E-state index in [2.05, 4.69) is 48.6 Å². The van der Waals surface area contributed by atoms with E-state index in [9.17, 15) is 0 Å². The van der Waals surface area contributed by atoms with E-state index in [0.717, 1.165) is 40.5 Å². The maximum atomic E-state index is 4.29. The molecule has 19 heavy (non-hydrogen) atoms. The second-order valence-corrected chi connectivity index (χ2v) is 5.03. The van der Waals surface area contributed by atoms with Gasteiger partial charge in [0.1, 0.15) is 22.4 Å². The molecule has 0 fully saturated rings. The Morgan fingerprint density at radius 3 is 2.68 bits per heavy atom. The number of aryl methyl sites for hydroxylation is 2. The van der Waals surface area contributed by atoms with Crippen LogP contribution in [0.2, 0.25) is 0 Å². The van der Waals surface area contributed by atoms with E-state index in [-0.39, 0.29) is 0 Å². The summed E-state index contributed by atoms with van der Waals surface area (Å²) in [5.41, 5.74) is 1.86. The zero-order chi connectivity index (χ0) is 13.8. The van der Waals surface area contributed by atoms with Crippen LogP contribution in [0, 0.1) is 6.92 Å². The van der Waals surface area contributed by atoms with Crippen molar-refractivity contribution in [2.24, 2.45) is 7.05 Å². The van der Waals surface area contributed by atoms with Crippen molar-refractivity contribution in [2.75, 3.05) is 17.2 Å². The van der Waals surface area contributed by atoms with E-state index >= 15 is 0 Å². The van der Waals surface area contributed by atoms with Gasteiger partial charge in [-0.3, -0.25) is 4.68 Å². The second kappa shape index (κ2) is 6.01. The molecule has 0 bridgehead atoms. The van der Waals surface area contributed by atoms with Crippen LogP contribution in [0.5, 0.6) is 0 Å². The van der Waals surface area contributed by atoms with E-state index in [1.54, 1.807) is 4.68 Å². The van der Waals surface area contributed by atoms with Crippen LogP contribution in [-0.2, 0) is 7.05 Å². The molecule has 102 valence electrons. The normalized spacial score (nSPS) is 10.5. The lowest BCUT2D eigenvalue weighted by molar-refractivity contribution is 0.756. The summed E-state index contributed by atoms with van der Waals surface area (Å²) in [4.78, 5) is 8.46. The van der Waals surface area contributed by atoms with Crippen LogP contribution in [0.1, 0.15) is 19.0 Å². The Labute approximate surface area is 120 Å². The second-order valence-electron chi connectivity index (χ2n) is 4.24. The van der Waals surface area contributed by atoms with E-state index in [1.165, 1.54) is 6.33 Å². The molecule has 2 aromatic rings. The molecule has 0 aliphatic carbocycles. The zero-order valence-corrected chi connectivity index (χ0v) is 12.8. The van der Waals surface area contributed by atoms with Gasteiger partial charge in [-0.15, -0.1) is 0 Å². The molecule has 0 aliphatic heterocycles. The number of aromatic nitrogens is 4. The maximum absolute atomic E-state index is 4.29. The number of nitrogens with one attached hydrogen (secondary N) is 2. The SMILES string of the molecule is CCCNc1ncnc(Nc2cn(C)nc2C)c1Br. The van der Waals surface area contributed by atoms with Crippen molar-refractivity contribution in [1.82, 2.24) is 19.7 Å². The van der Waals surface area contributed by atoms with E-state index in [0.29, 0.717) is 0 Å². The average molecular weight is 325 g/mol. The molecule has 0 radical (unpaired) electrons. The van der Waals surface area contributed by atoms with Gasteiger partial charge >= 0.3 is 0 Å². The summed E-state index contributed by atoms with van der Waals surface area (Å²) in [6.45, 7) is 4.94. The lowest BCUT2D eigenvalue weighted by atomic mass is 10.4. The summed E-state index contributed by atoms with van der Waals surface area (Å²) < 4.78 is 2.59. The van der Waals surface area contributed by atoms with Crippen LogP contribution in [0.25, 0.3) is 0 Å². The third-order valence-corrected chi connectivity index (χ3v) is 3.35. The van der Waals surface area contributed by atoms with Gasteiger partial charge in [-0.1, -0.05) is 6.92 Å². The van der Waals surface area contributed by atoms with E-state index < -0.39 is 0 Å². The first-order valence-corrected chi connectivity index (χ1v) is 6.92. The molecule has 2 N–H and O–H groups in total. The lowest BCUT2D eigenvalue weighted by Crippen LogP contribution is -2.05. The van der Waals surface area contributed by atoms with Gasteiger partial charge < -0.3 is 10.6 Å². The first kappa shape index (κ1) is 13.8. The molecule has 2 rings (SSSR count). The van der Waals surface area contributed by atoms with Crippen LogP contribution in [0.3, 0.4) is 0 Å². The first-order valence-electron chi connectivity index (χ1n) is 6.13. The van der Waals surface area contributed by atoms with Crippen LogP contribution in [-0.4, -0.2) is 26.3 Å². The van der Waals surface area contributed by atoms with Crippen molar-refractivity contribution in [3.05, 3.63) is 22.7 Å². The predicted octanol–water partition coefficient (Wildman–Crippen LogP) is 2.85. The van der Waals surface area contributed by atoms with Crippen molar-refractivity contribution >= 4 is 33.3 Å². The standard InChI is InChI=1S/C12H17BrN6/c1-4-5-14-11-10(13)12(16-7-15-11)17-9-6-19(3)18-8(9)2/h6-7H,4-5H2,1-3H3,(H2,14,15,16,17). The highest BCUT2D eigenvalue weighted by Gasteiger charge is 2.10. The number of rotatable bonds is 5. The Morgan fingerprint density at radius 2 is 2.05 bits per heavy atom. The quantitative estimate of drug-likeness (QED) is 0.885. The molecule has 2 aromatic heterocycles. The van der Waals surface area contributed by atoms with Gasteiger partial charge in [0.2, 0.25) is 0 Å². The predicted molar refractivity (Wildman–Crippen MR) is 79.7 cm³/mol. The van der Waals surface area contributed by atoms with Crippen molar-refractivity contribution in [2.45, 2.75) is 20.3 Å². The van der Waals surface area contributed by atoms with Crippen molar-refractivity contribution in [3.63, 3.8) is 0 Å². The van der Waals surface area contributed by atoms with Gasteiger partial charge in [-0.25, -0.2) is 9.97 Å². The zero-order valence-electron chi connectivity index (χ0n) is 11.2. The summed E-state index contributed by atoms with van der Waals surface area (Å²) in [5.74, 6) is 1.52. The first-order chi connectivity index (χ1) is 9.11. The third-order valence-electron chi connectivity index (χ3n) is 2.60. The Morgan fingerprint density at radius 1 is 1.32 bits per heavy atom. The van der Waals surface area contributed by atoms with Crippen LogP contribution >= 0.6 is 15.9 Å². The molecule has 0 atom stereocenters. The molecule has 0 aliphatic rings. The maximum Gasteiger partial charge on any atom is 0.150 e. The minimum Gasteiger partial charge on any atom is -0.369 e. The molecule has 0 aromatic carbocycles. The molecule has 0 unspecified atom stereocenters. The molecule has 0 saturated carbocycles. The summed E-state index contributed by atoms with van der Waals surface area (Å²) >= 11 is 3.52. The topological polar surface area (TPSA) is 67.7 Å². The minimum absolute atomic E-state index is 0.727. The summed E-state index contributed by atoms with van der Waals surface area (Å²) in [7, 11) is 1.89. The van der Waals surface area contributed by atoms with Gasteiger partial charge in [-0.2, -0.15) is 5.10 Å². The Hall–Kier alpha value is -1.63. The average Bonchev–Trinajstić information content (AvgIpc) is 2.69. The third kappa shape index (κ3) is 3.23. The fraction of sp³-hybridized carbons (Fsp3) is 0.417. The Kier molecular flexibility index (Phi) is 4.36. The van der Waals surface area contributed by atoms with Crippen molar-refractivity contribution in [1.29, 1.82) is 0 Å². The summed E-state index contributed by atoms with van der Waals surface area (Å²) in [5, 5.41) is 10.8. The largest absolute Gasteiger partial charge is 0.369 e. The highest BCUT2D eigenvalue weighted by molar-refractivity contribution is 9.10. The van der Waals surface area contributed by atoms with Gasteiger partial charge in [0.15, 0.2) is 0 Å². The minimum atomic E-state index is 0.727. The molecule has 2 heterocycles. The van der Waals surface area contributed by atoms with E-state index in [1.807, 2.05) is 20.2 Å². The van der Waals surface area contributed by atoms with Gasteiger partial charge in [0, 0.05) is 19.8 Å². The lowest BCUT2D eigenvalue weighted by Gasteiger charge is -2.10. The molecule has 0 amide bonds. The molecule has 6 nitrogen and oxygen atoms in total. The molecule has 7 heteroatoms. The molecule has 0 spiro atoms. The highest BCUT2D eigenvalue weighted by Crippen LogP contribution is 2.29. The number of anilines is 3. The van der Waals surface area contributed by atoms with Gasteiger partial charge in [0.25, 0.3) is 0 Å². The molecular weight excluding hydrogens is 308 g/mol. The van der Waals surface area contributed by atoms with Crippen LogP contribution in [0.15, 0.2) is 17.0 Å². The van der Waals surface area contributed by atoms with Crippen LogP contribution in [0.4, 0.5) is 17.3 Å². The summed E-state index contributed by atoms with van der Waals surface area (Å²) in [6.07, 6.45) is 4.50. The van der Waals surface area contributed by atoms with Gasteiger partial charge in [-0.05, 0) is 29.3 Å². The number of halogens is 1. The number of hydrogen-bond donors (Lipinski definition) is 2. The van der Waals surface area contributed by atoms with Crippen molar-refractivity contribution in [3.8, 4) is 0 Å². The number of hydrogen-bond acceptors (Lipinski definition) is 5. The van der Waals surface area contributed by atoms with Crippen molar-refractivity contribution < 1.29 is 0 Å². The molecular formula is C12H17BrN6. The highest BCUT2D eigenvalue weighted by atomic mass is 79.9. The summed E-state index contributed by atoms with van der Waals surface area (Å²) in [6, 6.07) is 0. The smallest absolute Gasteiger partial charge is 0.150 e. The van der Waals surface area contributed by atoms with Crippen LogP contribution < -0.4 is 10.6 Å². The fourth-order valence-corrected chi connectivity index (χ4v) is 2.12.